The van der Waals surface area contributed by atoms with Crippen LogP contribution in [0.5, 0.6) is 5.75 Å². The monoisotopic (exact) mass is 412 g/mol. The van der Waals surface area contributed by atoms with Crippen LogP contribution in [0.2, 0.25) is 15.1 Å². The lowest BCUT2D eigenvalue weighted by Crippen LogP contribution is -2.25. The van der Waals surface area contributed by atoms with E-state index in [0.29, 0.717) is 27.0 Å². The summed E-state index contributed by atoms with van der Waals surface area (Å²) in [7, 11) is 0. The molecule has 136 valence electrons. The molecule has 1 aliphatic carbocycles. The van der Waals surface area contributed by atoms with Gasteiger partial charge in [-0.3, -0.25) is 9.59 Å². The second-order valence-electron chi connectivity index (χ2n) is 5.85. The predicted molar refractivity (Wildman–Crippen MR) is 103 cm³/mol. The lowest BCUT2D eigenvalue weighted by molar-refractivity contribution is -0.118. The van der Waals surface area contributed by atoms with Gasteiger partial charge in [0.05, 0.1) is 15.6 Å². The third kappa shape index (κ3) is 5.04. The number of amides is 2. The van der Waals surface area contributed by atoms with Crippen LogP contribution < -0.4 is 15.4 Å². The second kappa shape index (κ2) is 8.16. The van der Waals surface area contributed by atoms with Crippen LogP contribution >= 0.6 is 34.8 Å². The average Bonchev–Trinajstić information content (AvgIpc) is 3.39. The highest BCUT2D eigenvalue weighted by Crippen LogP contribution is 2.28. The van der Waals surface area contributed by atoms with Gasteiger partial charge in [0, 0.05) is 22.8 Å². The first-order valence-corrected chi connectivity index (χ1v) is 9.04. The minimum absolute atomic E-state index is 0.214. The molecule has 0 heterocycles. The molecule has 0 aromatic heterocycles. The maximum absolute atomic E-state index is 12.0. The SMILES string of the molecule is O=C(COc1cc(Cl)ccc1Cl)Nc1ccc(C(=O)NC2CC2)c(Cl)c1. The van der Waals surface area contributed by atoms with Crippen LogP contribution in [0.25, 0.3) is 0 Å². The van der Waals surface area contributed by atoms with Gasteiger partial charge in [0.1, 0.15) is 5.75 Å². The molecule has 8 heteroatoms. The number of rotatable bonds is 6. The van der Waals surface area contributed by atoms with Gasteiger partial charge in [-0.1, -0.05) is 34.8 Å². The zero-order valence-electron chi connectivity index (χ0n) is 13.5. The number of benzene rings is 2. The fourth-order valence-corrected chi connectivity index (χ4v) is 2.80. The van der Waals surface area contributed by atoms with Gasteiger partial charge in [-0.2, -0.15) is 0 Å². The Balaban J connectivity index is 1.57. The molecular weight excluding hydrogens is 399 g/mol. The summed E-state index contributed by atoms with van der Waals surface area (Å²) in [6.07, 6.45) is 1.99. The molecule has 1 aliphatic rings. The van der Waals surface area contributed by atoms with Crippen LogP contribution in [-0.4, -0.2) is 24.5 Å². The smallest absolute Gasteiger partial charge is 0.262 e. The first-order valence-electron chi connectivity index (χ1n) is 7.90. The molecule has 0 unspecified atom stereocenters. The van der Waals surface area contributed by atoms with Crippen LogP contribution in [0.1, 0.15) is 23.2 Å². The standard InChI is InChI=1S/C18H15Cl3N2O3/c19-10-1-6-14(20)16(7-10)26-9-17(24)22-12-4-5-13(15(21)8-12)18(25)23-11-2-3-11/h1,4-8,11H,2-3,9H2,(H,22,24)(H,23,25). The number of nitrogens with one attached hydrogen (secondary N) is 2. The maximum Gasteiger partial charge on any atom is 0.262 e. The van der Waals surface area contributed by atoms with Crippen molar-refractivity contribution in [1.29, 1.82) is 0 Å². The van der Waals surface area contributed by atoms with Gasteiger partial charge in [-0.25, -0.2) is 0 Å². The molecule has 2 N–H and O–H groups in total. The molecule has 0 saturated heterocycles. The zero-order chi connectivity index (χ0) is 18.7. The summed E-state index contributed by atoms with van der Waals surface area (Å²) >= 11 is 18.0. The number of anilines is 1. The number of hydrogen-bond donors (Lipinski definition) is 2. The number of carbonyl (C=O) groups excluding carboxylic acids is 2. The molecule has 0 aliphatic heterocycles. The van der Waals surface area contributed by atoms with Crippen molar-refractivity contribution in [3.05, 3.63) is 57.0 Å². The molecule has 5 nitrogen and oxygen atoms in total. The van der Waals surface area contributed by atoms with E-state index in [1.165, 1.54) is 12.1 Å². The van der Waals surface area contributed by atoms with Gasteiger partial charge in [0.15, 0.2) is 6.61 Å². The topological polar surface area (TPSA) is 67.4 Å². The molecule has 2 aromatic carbocycles. The predicted octanol–water partition coefficient (Wildman–Crippen LogP) is 4.56. The highest BCUT2D eigenvalue weighted by atomic mass is 35.5. The number of hydrogen-bond acceptors (Lipinski definition) is 3. The Morgan fingerprint density at radius 1 is 1.04 bits per heavy atom. The van der Waals surface area contributed by atoms with Gasteiger partial charge in [0.2, 0.25) is 0 Å². The van der Waals surface area contributed by atoms with Gasteiger partial charge in [-0.15, -0.1) is 0 Å². The Kier molecular flexibility index (Phi) is 5.91. The Hall–Kier alpha value is -1.95. The lowest BCUT2D eigenvalue weighted by Gasteiger charge is -2.11. The van der Waals surface area contributed by atoms with Crippen LogP contribution in [0, 0.1) is 0 Å². The zero-order valence-corrected chi connectivity index (χ0v) is 15.8. The summed E-state index contributed by atoms with van der Waals surface area (Å²) < 4.78 is 5.37. The summed E-state index contributed by atoms with van der Waals surface area (Å²) in [4.78, 5) is 24.1. The van der Waals surface area contributed by atoms with Gasteiger partial charge >= 0.3 is 0 Å². The molecule has 1 fully saturated rings. The summed E-state index contributed by atoms with van der Waals surface area (Å²) in [6.45, 7) is -0.248. The summed E-state index contributed by atoms with van der Waals surface area (Å²) in [5.41, 5.74) is 0.835. The summed E-state index contributed by atoms with van der Waals surface area (Å²) in [5, 5.41) is 6.59. The van der Waals surface area contributed by atoms with Crippen molar-refractivity contribution < 1.29 is 14.3 Å². The van der Waals surface area contributed by atoms with Crippen molar-refractivity contribution in [2.45, 2.75) is 18.9 Å². The van der Waals surface area contributed by atoms with Crippen molar-refractivity contribution in [2.24, 2.45) is 0 Å². The van der Waals surface area contributed by atoms with Gasteiger partial charge < -0.3 is 15.4 Å². The maximum atomic E-state index is 12.0. The van der Waals surface area contributed by atoms with Crippen molar-refractivity contribution in [1.82, 2.24) is 5.32 Å². The third-order valence-corrected chi connectivity index (χ3v) is 4.52. The molecule has 1 saturated carbocycles. The average molecular weight is 414 g/mol. The van der Waals surface area contributed by atoms with E-state index < -0.39 is 5.91 Å². The summed E-state index contributed by atoms with van der Waals surface area (Å²) in [5.74, 6) is -0.291. The van der Waals surface area contributed by atoms with Gasteiger partial charge in [-0.05, 0) is 43.2 Å². The molecule has 3 rings (SSSR count). The van der Waals surface area contributed by atoms with Crippen LogP contribution in [-0.2, 0) is 4.79 Å². The highest BCUT2D eigenvalue weighted by molar-refractivity contribution is 6.34. The largest absolute Gasteiger partial charge is 0.482 e. The molecule has 2 aromatic rings. The molecule has 0 atom stereocenters. The third-order valence-electron chi connectivity index (χ3n) is 3.66. The van der Waals surface area contributed by atoms with Crippen molar-refractivity contribution >= 4 is 52.3 Å². The normalized spacial score (nSPS) is 13.2. The minimum atomic E-state index is -0.396. The van der Waals surface area contributed by atoms with Crippen molar-refractivity contribution in [3.63, 3.8) is 0 Å². The van der Waals surface area contributed by atoms with E-state index in [2.05, 4.69) is 10.6 Å². The Morgan fingerprint density at radius 2 is 1.81 bits per heavy atom. The minimum Gasteiger partial charge on any atom is -0.482 e. The molecule has 0 radical (unpaired) electrons. The number of halogens is 3. The van der Waals surface area contributed by atoms with E-state index in [0.717, 1.165) is 12.8 Å². The fourth-order valence-electron chi connectivity index (χ4n) is 2.20. The lowest BCUT2D eigenvalue weighted by atomic mass is 10.2. The first-order chi connectivity index (χ1) is 12.4. The van der Waals surface area contributed by atoms with E-state index >= 15 is 0 Å². The number of carbonyl (C=O) groups is 2. The van der Waals surface area contributed by atoms with Crippen LogP contribution in [0.3, 0.4) is 0 Å². The number of ether oxygens (including phenoxy) is 1. The van der Waals surface area contributed by atoms with Crippen molar-refractivity contribution in [3.8, 4) is 5.75 Å². The quantitative estimate of drug-likeness (QED) is 0.729. The Bertz CT molecular complexity index is 854. The van der Waals surface area contributed by atoms with Crippen molar-refractivity contribution in [2.75, 3.05) is 11.9 Å². The van der Waals surface area contributed by atoms with E-state index in [-0.39, 0.29) is 23.6 Å². The fraction of sp³-hybridized carbons (Fsp3) is 0.222. The molecule has 0 spiro atoms. The van der Waals surface area contributed by atoms with E-state index in [1.807, 2.05) is 0 Å². The van der Waals surface area contributed by atoms with Crippen LogP contribution in [0.15, 0.2) is 36.4 Å². The Morgan fingerprint density at radius 3 is 2.50 bits per heavy atom. The van der Waals surface area contributed by atoms with E-state index in [1.54, 1.807) is 24.3 Å². The highest BCUT2D eigenvalue weighted by Gasteiger charge is 2.24. The summed E-state index contributed by atoms with van der Waals surface area (Å²) in [6, 6.07) is 9.69. The molecule has 26 heavy (non-hydrogen) atoms. The molecular formula is C18H15Cl3N2O3. The Labute approximate surface area is 165 Å². The molecule has 0 bridgehead atoms. The first kappa shape index (κ1) is 18.8. The van der Waals surface area contributed by atoms with E-state index in [9.17, 15) is 9.59 Å². The second-order valence-corrected chi connectivity index (χ2v) is 7.10. The van der Waals surface area contributed by atoms with Gasteiger partial charge in [0.25, 0.3) is 11.8 Å². The molecule has 2 amide bonds. The van der Waals surface area contributed by atoms with E-state index in [4.69, 9.17) is 39.5 Å². The van der Waals surface area contributed by atoms with Crippen LogP contribution in [0.4, 0.5) is 5.69 Å².